The number of anilines is 1. The Bertz CT molecular complexity index is 639. The highest BCUT2D eigenvalue weighted by Gasteiger charge is 2.55. The molecule has 2 aliphatic rings. The summed E-state index contributed by atoms with van der Waals surface area (Å²) < 4.78 is 0.894. The molecule has 1 aromatic carbocycles. The van der Waals surface area contributed by atoms with Crippen molar-refractivity contribution < 1.29 is 14.4 Å². The highest BCUT2D eigenvalue weighted by Crippen LogP contribution is 2.49. The Morgan fingerprint density at radius 3 is 2.65 bits per heavy atom. The fourth-order valence-corrected chi connectivity index (χ4v) is 4.49. The molecular weight excluding hydrogens is 358 g/mol. The summed E-state index contributed by atoms with van der Waals surface area (Å²) in [5.74, 6) is -0.155. The van der Waals surface area contributed by atoms with Crippen LogP contribution in [-0.2, 0) is 14.4 Å². The van der Waals surface area contributed by atoms with Crippen LogP contribution in [0.25, 0.3) is 0 Å². The van der Waals surface area contributed by atoms with E-state index in [1.807, 2.05) is 24.3 Å². The van der Waals surface area contributed by atoms with Crippen LogP contribution >= 0.6 is 15.9 Å². The van der Waals surface area contributed by atoms with Crippen LogP contribution in [0.2, 0.25) is 0 Å². The topological polar surface area (TPSA) is 63.2 Å². The second-order valence-electron chi connectivity index (χ2n) is 6.52. The van der Waals surface area contributed by atoms with Crippen molar-refractivity contribution in [2.45, 2.75) is 44.9 Å². The Morgan fingerprint density at radius 2 is 1.96 bits per heavy atom. The van der Waals surface area contributed by atoms with Gasteiger partial charge in [-0.05, 0) is 37.0 Å². The summed E-state index contributed by atoms with van der Waals surface area (Å²) in [7, 11) is 0. The second kappa shape index (κ2) is 6.56. The fraction of sp³-hybridized carbons (Fsp3) is 0.500. The maximum atomic E-state index is 12.4. The van der Waals surface area contributed by atoms with Crippen LogP contribution in [0.3, 0.4) is 0 Å². The minimum absolute atomic E-state index is 0.0578. The molecule has 5 heteroatoms. The molecule has 0 heterocycles. The van der Waals surface area contributed by atoms with E-state index in [0.717, 1.165) is 29.4 Å². The van der Waals surface area contributed by atoms with E-state index in [2.05, 4.69) is 21.2 Å². The van der Waals surface area contributed by atoms with Crippen molar-refractivity contribution in [3.8, 4) is 0 Å². The van der Waals surface area contributed by atoms with Crippen molar-refractivity contribution in [2.24, 2.45) is 11.3 Å². The first kappa shape index (κ1) is 16.4. The van der Waals surface area contributed by atoms with Crippen molar-refractivity contribution in [1.29, 1.82) is 0 Å². The largest absolute Gasteiger partial charge is 0.326 e. The molecule has 1 atom stereocenters. The highest BCUT2D eigenvalue weighted by atomic mass is 79.9. The number of carbonyl (C=O) groups excluding carboxylic acids is 3. The average Bonchev–Trinajstić information content (AvgIpc) is 2.78. The van der Waals surface area contributed by atoms with E-state index < -0.39 is 5.41 Å². The SMILES string of the molecule is O=C(CC1CCCCC12C(=O)CCC2=O)Nc1cccc(Br)c1. The Kier molecular flexibility index (Phi) is 4.67. The second-order valence-corrected chi connectivity index (χ2v) is 7.44. The zero-order chi connectivity index (χ0) is 16.4. The first-order valence-electron chi connectivity index (χ1n) is 8.14. The van der Waals surface area contributed by atoms with Crippen molar-refractivity contribution >= 4 is 39.1 Å². The Hall–Kier alpha value is -1.49. The standard InChI is InChI=1S/C18H20BrNO3/c19-13-5-3-6-14(11-13)20-17(23)10-12-4-1-2-9-18(12)15(21)7-8-16(18)22/h3,5-6,11-12H,1-2,4,7-10H2,(H,20,23). The molecule has 2 fully saturated rings. The van der Waals surface area contributed by atoms with E-state index in [-0.39, 0.29) is 29.8 Å². The molecule has 3 rings (SSSR count). The Labute approximate surface area is 144 Å². The fourth-order valence-electron chi connectivity index (χ4n) is 4.09. The van der Waals surface area contributed by atoms with Gasteiger partial charge in [0.1, 0.15) is 11.6 Å². The Balaban J connectivity index is 1.73. The quantitative estimate of drug-likeness (QED) is 0.812. The molecule has 0 radical (unpaired) electrons. The summed E-state index contributed by atoms with van der Waals surface area (Å²) >= 11 is 3.37. The maximum absolute atomic E-state index is 12.4. The lowest BCUT2D eigenvalue weighted by atomic mass is 9.63. The third-order valence-electron chi connectivity index (χ3n) is 5.19. The summed E-state index contributed by atoms with van der Waals surface area (Å²) in [5, 5.41) is 2.87. The van der Waals surface area contributed by atoms with Gasteiger partial charge in [-0.2, -0.15) is 0 Å². The van der Waals surface area contributed by atoms with Crippen molar-refractivity contribution in [3.05, 3.63) is 28.7 Å². The van der Waals surface area contributed by atoms with E-state index >= 15 is 0 Å². The van der Waals surface area contributed by atoms with Crippen molar-refractivity contribution in [2.75, 3.05) is 5.32 Å². The van der Waals surface area contributed by atoms with Gasteiger partial charge in [-0.15, -0.1) is 0 Å². The zero-order valence-corrected chi connectivity index (χ0v) is 14.5. The van der Waals surface area contributed by atoms with Gasteiger partial charge >= 0.3 is 0 Å². The van der Waals surface area contributed by atoms with Crippen LogP contribution < -0.4 is 5.32 Å². The molecule has 2 aliphatic carbocycles. The Morgan fingerprint density at radius 1 is 1.22 bits per heavy atom. The lowest BCUT2D eigenvalue weighted by molar-refractivity contribution is -0.142. The van der Waals surface area contributed by atoms with Crippen LogP contribution in [0.5, 0.6) is 0 Å². The lowest BCUT2D eigenvalue weighted by Gasteiger charge is -2.38. The summed E-state index contributed by atoms with van der Waals surface area (Å²) in [6, 6.07) is 7.40. The summed E-state index contributed by atoms with van der Waals surface area (Å²) in [6.07, 6.45) is 4.23. The number of hydrogen-bond acceptors (Lipinski definition) is 3. The molecule has 1 amide bonds. The van der Waals surface area contributed by atoms with E-state index in [9.17, 15) is 14.4 Å². The monoisotopic (exact) mass is 377 g/mol. The molecule has 0 aliphatic heterocycles. The molecule has 0 saturated heterocycles. The summed E-state index contributed by atoms with van der Waals surface area (Å²) in [4.78, 5) is 37.2. The number of ketones is 2. The normalized spacial score (nSPS) is 23.3. The lowest BCUT2D eigenvalue weighted by Crippen LogP contribution is -2.44. The molecular formula is C18H20BrNO3. The number of carbonyl (C=O) groups is 3. The highest BCUT2D eigenvalue weighted by molar-refractivity contribution is 9.10. The number of hydrogen-bond donors (Lipinski definition) is 1. The molecule has 2 saturated carbocycles. The molecule has 122 valence electrons. The smallest absolute Gasteiger partial charge is 0.224 e. The molecule has 23 heavy (non-hydrogen) atoms. The van der Waals surface area contributed by atoms with Gasteiger partial charge < -0.3 is 5.32 Å². The van der Waals surface area contributed by atoms with E-state index in [1.165, 1.54) is 0 Å². The van der Waals surface area contributed by atoms with Gasteiger partial charge in [0.2, 0.25) is 5.91 Å². The first-order valence-corrected chi connectivity index (χ1v) is 8.94. The van der Waals surface area contributed by atoms with Gasteiger partial charge in [-0.1, -0.05) is 34.8 Å². The molecule has 1 unspecified atom stereocenters. The molecule has 0 aromatic heterocycles. The molecule has 4 nitrogen and oxygen atoms in total. The minimum atomic E-state index is -0.868. The van der Waals surface area contributed by atoms with Gasteiger partial charge in [0, 0.05) is 29.4 Å². The number of amides is 1. The molecule has 0 bridgehead atoms. The summed E-state index contributed by atoms with van der Waals surface area (Å²) in [5.41, 5.74) is -0.148. The molecule has 1 spiro atoms. The van der Waals surface area contributed by atoms with E-state index in [1.54, 1.807) is 0 Å². The number of nitrogens with one attached hydrogen (secondary N) is 1. The van der Waals surface area contributed by atoms with Gasteiger partial charge in [0.25, 0.3) is 0 Å². The first-order chi connectivity index (χ1) is 11.0. The van der Waals surface area contributed by atoms with Crippen molar-refractivity contribution in [1.82, 2.24) is 0 Å². The number of rotatable bonds is 3. The van der Waals surface area contributed by atoms with E-state index in [0.29, 0.717) is 19.3 Å². The molecule has 1 N–H and O–H groups in total. The number of benzene rings is 1. The maximum Gasteiger partial charge on any atom is 0.224 e. The van der Waals surface area contributed by atoms with Gasteiger partial charge in [0.15, 0.2) is 0 Å². The van der Waals surface area contributed by atoms with Crippen LogP contribution in [0, 0.1) is 11.3 Å². The molecule has 1 aromatic rings. The van der Waals surface area contributed by atoms with E-state index in [4.69, 9.17) is 0 Å². The zero-order valence-electron chi connectivity index (χ0n) is 12.9. The van der Waals surface area contributed by atoms with Gasteiger partial charge in [0.05, 0.1) is 5.41 Å². The van der Waals surface area contributed by atoms with Gasteiger partial charge in [-0.3, -0.25) is 14.4 Å². The average molecular weight is 378 g/mol. The predicted molar refractivity (Wildman–Crippen MR) is 91.0 cm³/mol. The third-order valence-corrected chi connectivity index (χ3v) is 5.68. The van der Waals surface area contributed by atoms with Crippen LogP contribution in [0.1, 0.15) is 44.9 Å². The van der Waals surface area contributed by atoms with Crippen LogP contribution in [0.4, 0.5) is 5.69 Å². The van der Waals surface area contributed by atoms with Crippen LogP contribution in [0.15, 0.2) is 28.7 Å². The number of halogens is 1. The van der Waals surface area contributed by atoms with Crippen molar-refractivity contribution in [3.63, 3.8) is 0 Å². The number of Topliss-reactive ketones (excluding diaryl/α,β-unsaturated/α-hetero) is 2. The minimum Gasteiger partial charge on any atom is -0.326 e. The van der Waals surface area contributed by atoms with Crippen LogP contribution in [-0.4, -0.2) is 17.5 Å². The summed E-state index contributed by atoms with van der Waals surface area (Å²) in [6.45, 7) is 0. The van der Waals surface area contributed by atoms with Gasteiger partial charge in [-0.25, -0.2) is 0 Å². The third kappa shape index (κ3) is 3.11. The predicted octanol–water partition coefficient (Wildman–Crippen LogP) is 3.89.